The fourth-order valence-electron chi connectivity index (χ4n) is 14.3. The minimum Gasteiger partial charge on any atom is -0.242 e. The van der Waals surface area contributed by atoms with Crippen LogP contribution < -0.4 is 0 Å². The number of fused-ring (bicyclic) bond motifs is 27. The fraction of sp³-hybridized carbons (Fsp3) is 0.0294. The van der Waals surface area contributed by atoms with Gasteiger partial charge in [0.1, 0.15) is 11.0 Å². The normalized spacial score (nSPS) is 14.4. The second-order valence-electron chi connectivity index (χ2n) is 20.0. The van der Waals surface area contributed by atoms with Crippen molar-refractivity contribution in [1.82, 2.24) is 9.97 Å². The van der Waals surface area contributed by atoms with Crippen LogP contribution in [0.4, 0.5) is 0 Å². The van der Waals surface area contributed by atoms with Crippen LogP contribution in [-0.4, -0.2) is 9.97 Å². The third-order valence-electron chi connectivity index (χ3n) is 16.8. The van der Waals surface area contributed by atoms with E-state index in [1.165, 1.54) is 100 Å². The maximum Gasteiger partial charge on any atom is 0.109 e. The SMILES string of the molecule is Brc1ccc2c3ccc(Br)cc3c3nc4c(-c5cccc6c5-c5ccccc5C65c6ccccc6-c6ccccc65)sc(-c5cccc6c5-c5ccccc5C65c6ccccc6-c6ccccc65)c4nc3c2c1. The number of hydrogen-bond acceptors (Lipinski definition) is 3. The van der Waals surface area contributed by atoms with Crippen LogP contribution in [0, 0.1) is 0 Å². The van der Waals surface area contributed by atoms with Crippen molar-refractivity contribution in [2.24, 2.45) is 0 Å². The van der Waals surface area contributed by atoms with E-state index in [0.717, 1.165) is 62.3 Å². The number of hydrogen-bond donors (Lipinski definition) is 0. The Labute approximate surface area is 441 Å². The highest BCUT2D eigenvalue weighted by Crippen LogP contribution is 2.67. The van der Waals surface area contributed by atoms with E-state index >= 15 is 0 Å². The van der Waals surface area contributed by atoms with E-state index in [9.17, 15) is 0 Å². The molecule has 73 heavy (non-hydrogen) atoms. The predicted molar refractivity (Wildman–Crippen MR) is 309 cm³/mol. The Hall–Kier alpha value is -7.80. The predicted octanol–water partition coefficient (Wildman–Crippen LogP) is 18.7. The highest BCUT2D eigenvalue weighted by atomic mass is 79.9. The molecule has 0 saturated heterocycles. The number of benzene rings is 11. The van der Waals surface area contributed by atoms with E-state index in [1.807, 2.05) is 11.3 Å². The van der Waals surface area contributed by atoms with E-state index in [1.54, 1.807) is 0 Å². The molecular weight excluding hydrogens is 1040 g/mol. The first-order valence-electron chi connectivity index (χ1n) is 24.9. The summed E-state index contributed by atoms with van der Waals surface area (Å²) in [5.74, 6) is 0. The zero-order valence-corrected chi connectivity index (χ0v) is 42.8. The van der Waals surface area contributed by atoms with Gasteiger partial charge < -0.3 is 0 Å². The average Bonchev–Trinajstić information content (AvgIpc) is 4.22. The van der Waals surface area contributed by atoms with Crippen LogP contribution >= 0.6 is 43.2 Å². The van der Waals surface area contributed by atoms with E-state index in [-0.39, 0.29) is 0 Å². The molecule has 0 N–H and O–H groups in total. The largest absolute Gasteiger partial charge is 0.242 e. The Bertz CT molecular complexity index is 4290. The molecule has 4 aliphatic carbocycles. The van der Waals surface area contributed by atoms with Crippen molar-refractivity contribution in [2.45, 2.75) is 10.8 Å². The summed E-state index contributed by atoms with van der Waals surface area (Å²) in [6.45, 7) is 0. The molecule has 0 amide bonds. The molecule has 0 atom stereocenters. The van der Waals surface area contributed by atoms with E-state index in [2.05, 4.69) is 250 Å². The fourth-order valence-corrected chi connectivity index (χ4v) is 16.2. The standard InChI is InChI=1S/C68H36Br2N2S/c69-37-31-33-39-40-34-32-38(70)36-50(40)62-61(49(39)35-37)71-63-64(72-62)66(48-22-14-30-58-60(48)46-20-6-12-28-56(46)68(58)53-25-9-3-17-43(53)44-18-4-10-26-54(44)68)73-65(63)47-21-13-29-57-59(47)45-19-5-11-27-55(45)67(57)51-23-7-1-15-41(51)42-16-2-8-24-52(42)67/h1-36H. The lowest BCUT2D eigenvalue weighted by molar-refractivity contribution is 0.794. The van der Waals surface area contributed by atoms with Crippen molar-refractivity contribution in [1.29, 1.82) is 0 Å². The number of rotatable bonds is 2. The topological polar surface area (TPSA) is 25.8 Å². The summed E-state index contributed by atoms with van der Waals surface area (Å²) < 4.78 is 2.02. The van der Waals surface area contributed by atoms with Crippen molar-refractivity contribution in [3.8, 4) is 65.4 Å². The van der Waals surface area contributed by atoms with Crippen LogP contribution in [0.1, 0.15) is 44.5 Å². The maximum atomic E-state index is 5.97. The minimum atomic E-state index is -0.482. The van der Waals surface area contributed by atoms with Gasteiger partial charge in [-0.15, -0.1) is 11.3 Å². The van der Waals surface area contributed by atoms with Gasteiger partial charge >= 0.3 is 0 Å². The van der Waals surface area contributed by atoms with Crippen LogP contribution in [0.3, 0.4) is 0 Å². The van der Waals surface area contributed by atoms with Crippen molar-refractivity contribution in [3.05, 3.63) is 272 Å². The van der Waals surface area contributed by atoms with Gasteiger partial charge in [0, 0.05) is 30.8 Å². The molecule has 11 aromatic carbocycles. The molecule has 0 unspecified atom stereocenters. The van der Waals surface area contributed by atoms with E-state index in [0.29, 0.717) is 0 Å². The van der Waals surface area contributed by atoms with Crippen molar-refractivity contribution < 1.29 is 0 Å². The third-order valence-corrected chi connectivity index (χ3v) is 19.0. The molecule has 2 spiro atoms. The summed E-state index contributed by atoms with van der Waals surface area (Å²) >= 11 is 9.58. The summed E-state index contributed by atoms with van der Waals surface area (Å²) in [4.78, 5) is 14.2. The lowest BCUT2D eigenvalue weighted by atomic mass is 9.70. The Kier molecular flexibility index (Phi) is 8.07. The van der Waals surface area contributed by atoms with Crippen molar-refractivity contribution in [3.63, 3.8) is 0 Å². The van der Waals surface area contributed by atoms with Crippen molar-refractivity contribution >= 4 is 86.8 Å². The van der Waals surface area contributed by atoms with Crippen LogP contribution in [0.15, 0.2) is 227 Å². The second-order valence-corrected chi connectivity index (χ2v) is 22.8. The molecule has 0 bridgehead atoms. The molecule has 4 aliphatic rings. The molecule has 0 fully saturated rings. The Morgan fingerprint density at radius 2 is 0.575 bits per heavy atom. The van der Waals surface area contributed by atoms with Gasteiger partial charge in [-0.2, -0.15) is 0 Å². The van der Waals surface area contributed by atoms with Crippen LogP contribution in [0.25, 0.3) is 109 Å². The second kappa shape index (κ2) is 14.5. The Morgan fingerprint density at radius 1 is 0.274 bits per heavy atom. The molecule has 0 aliphatic heterocycles. The van der Waals surface area contributed by atoms with Gasteiger partial charge in [-0.3, -0.25) is 0 Å². The first-order valence-corrected chi connectivity index (χ1v) is 27.3. The van der Waals surface area contributed by atoms with Gasteiger partial charge in [-0.1, -0.05) is 226 Å². The Morgan fingerprint density at radius 3 is 0.945 bits per heavy atom. The van der Waals surface area contributed by atoms with Gasteiger partial charge in [0.05, 0.1) is 31.6 Å². The molecule has 2 nitrogen and oxygen atoms in total. The highest BCUT2D eigenvalue weighted by molar-refractivity contribution is 9.10. The molecule has 0 radical (unpaired) electrons. The number of halogens is 2. The van der Waals surface area contributed by atoms with Gasteiger partial charge in [-0.05, 0) is 124 Å². The van der Waals surface area contributed by atoms with Gasteiger partial charge in [0.25, 0.3) is 0 Å². The molecule has 13 aromatic rings. The van der Waals surface area contributed by atoms with Crippen molar-refractivity contribution in [2.75, 3.05) is 0 Å². The van der Waals surface area contributed by atoms with Gasteiger partial charge in [0.2, 0.25) is 0 Å². The molecule has 338 valence electrons. The number of nitrogens with zero attached hydrogens (tertiary/aromatic N) is 2. The van der Waals surface area contributed by atoms with E-state index < -0.39 is 10.8 Å². The number of thiophene rings is 1. The van der Waals surface area contributed by atoms with Gasteiger partial charge in [-0.25, -0.2) is 9.97 Å². The summed E-state index contributed by atoms with van der Waals surface area (Å²) in [5, 5.41) is 4.45. The van der Waals surface area contributed by atoms with E-state index in [4.69, 9.17) is 9.97 Å². The molecule has 2 heterocycles. The molecule has 0 saturated carbocycles. The smallest absolute Gasteiger partial charge is 0.109 e. The minimum absolute atomic E-state index is 0.482. The van der Waals surface area contributed by atoms with Crippen LogP contribution in [0.2, 0.25) is 0 Å². The summed E-state index contributed by atoms with van der Waals surface area (Å²) in [6.07, 6.45) is 0. The quantitative estimate of drug-likeness (QED) is 0.161. The summed E-state index contributed by atoms with van der Waals surface area (Å²) in [7, 11) is 0. The average molecular weight is 1070 g/mol. The molecule has 2 aromatic heterocycles. The lowest BCUT2D eigenvalue weighted by Gasteiger charge is -2.30. The molecule has 5 heteroatoms. The number of aromatic nitrogens is 2. The molecular formula is C68H36Br2N2S. The van der Waals surface area contributed by atoms with Crippen LogP contribution in [0.5, 0.6) is 0 Å². The maximum absolute atomic E-state index is 5.97. The monoisotopic (exact) mass is 1070 g/mol. The third kappa shape index (κ3) is 4.94. The highest BCUT2D eigenvalue weighted by Gasteiger charge is 2.54. The van der Waals surface area contributed by atoms with Crippen LogP contribution in [-0.2, 0) is 10.8 Å². The summed E-state index contributed by atoms with van der Waals surface area (Å²) in [6, 6.07) is 81.8. The molecule has 17 rings (SSSR count). The zero-order valence-electron chi connectivity index (χ0n) is 38.8. The Balaban J connectivity index is 1.02. The lowest BCUT2D eigenvalue weighted by Crippen LogP contribution is -2.25. The first kappa shape index (κ1) is 40.8. The van der Waals surface area contributed by atoms with Gasteiger partial charge in [0.15, 0.2) is 0 Å². The first-order chi connectivity index (χ1) is 36.0. The summed E-state index contributed by atoms with van der Waals surface area (Å²) in [5.41, 5.74) is 25.8. The zero-order chi connectivity index (χ0) is 47.9.